The number of esters is 1. The number of piperazine rings is 1. The zero-order chi connectivity index (χ0) is 45.1. The van der Waals surface area contributed by atoms with Crippen molar-refractivity contribution >= 4 is 68.2 Å². The van der Waals surface area contributed by atoms with Gasteiger partial charge in [0.05, 0.1) is 29.0 Å². The Morgan fingerprint density at radius 2 is 1.60 bits per heavy atom. The Morgan fingerprint density at radius 3 is 2.27 bits per heavy atom. The van der Waals surface area contributed by atoms with E-state index in [4.69, 9.17) is 33.4 Å². The third-order valence-corrected chi connectivity index (χ3v) is 13.5. The van der Waals surface area contributed by atoms with E-state index < -0.39 is 35.6 Å². The molecule has 0 radical (unpaired) electrons. The number of fused-ring (bicyclic) bond motifs is 5. The van der Waals surface area contributed by atoms with Gasteiger partial charge in [-0.05, 0) is 94.8 Å². The molecule has 2 aromatic carbocycles. The van der Waals surface area contributed by atoms with E-state index >= 15 is 0 Å². The number of cyclic esters (lactones) is 1. The second-order valence-corrected chi connectivity index (χ2v) is 19.1. The lowest BCUT2D eigenvalue weighted by molar-refractivity contribution is -0.175. The SMILES string of the molecule is CCc1c2c(nc3ccc(OC(=O)OC(C)(C)C)cc13)-c1cc3c(c(=O)n1C2)COC(=O)[C@@]3(CC)OC(=O)OCCSSCCOC(=O)N(C)c1ccc(N2CCN(C)CC2)cc1. The van der Waals surface area contributed by atoms with Gasteiger partial charge >= 0.3 is 24.4 Å². The van der Waals surface area contributed by atoms with E-state index in [0.717, 1.165) is 54.1 Å². The van der Waals surface area contributed by atoms with Gasteiger partial charge in [0.15, 0.2) is 0 Å². The topological polar surface area (TPSA) is 168 Å². The van der Waals surface area contributed by atoms with Crippen LogP contribution in [0.5, 0.6) is 5.75 Å². The average Bonchev–Trinajstić information content (AvgIpc) is 3.62. The largest absolute Gasteiger partial charge is 0.514 e. The Bertz CT molecular complexity index is 2450. The minimum atomic E-state index is -1.92. The van der Waals surface area contributed by atoms with Gasteiger partial charge in [0.2, 0.25) is 5.60 Å². The van der Waals surface area contributed by atoms with Crippen LogP contribution in [0.3, 0.4) is 0 Å². The number of hydrogen-bond donors (Lipinski definition) is 0. The molecular formula is C45H53N5O11S2. The maximum absolute atomic E-state index is 14.1. The lowest BCUT2D eigenvalue weighted by Crippen LogP contribution is -2.47. The fourth-order valence-corrected chi connectivity index (χ4v) is 9.55. The fourth-order valence-electron chi connectivity index (χ4n) is 7.90. The van der Waals surface area contributed by atoms with Crippen molar-refractivity contribution in [3.8, 4) is 17.1 Å². The highest BCUT2D eigenvalue weighted by Crippen LogP contribution is 2.42. The summed E-state index contributed by atoms with van der Waals surface area (Å²) in [7, 11) is 6.68. The summed E-state index contributed by atoms with van der Waals surface area (Å²) in [6.45, 7) is 13.0. The van der Waals surface area contributed by atoms with Crippen LogP contribution in [0.4, 0.5) is 25.8 Å². The molecule has 18 heteroatoms. The first-order valence-electron chi connectivity index (χ1n) is 21.0. The van der Waals surface area contributed by atoms with Crippen LogP contribution in [0.1, 0.15) is 63.3 Å². The van der Waals surface area contributed by atoms with Crippen LogP contribution in [0, 0.1) is 0 Å². The van der Waals surface area contributed by atoms with Gasteiger partial charge in [0.1, 0.15) is 31.2 Å². The van der Waals surface area contributed by atoms with Crippen LogP contribution in [0.15, 0.2) is 53.3 Å². The van der Waals surface area contributed by atoms with Gasteiger partial charge in [-0.3, -0.25) is 9.69 Å². The molecule has 0 N–H and O–H groups in total. The highest BCUT2D eigenvalue weighted by Gasteiger charge is 2.51. The molecule has 16 nitrogen and oxygen atoms in total. The van der Waals surface area contributed by atoms with E-state index in [-0.39, 0.29) is 49.5 Å². The molecule has 0 bridgehead atoms. The molecule has 3 aliphatic heterocycles. The minimum absolute atomic E-state index is 0.0180. The number of carbonyl (C=O) groups is 4. The molecule has 1 amide bonds. The molecule has 0 unspecified atom stereocenters. The second-order valence-electron chi connectivity index (χ2n) is 16.4. The van der Waals surface area contributed by atoms with Gasteiger partial charge in [0, 0.05) is 72.6 Å². The molecule has 1 atom stereocenters. The maximum atomic E-state index is 14.1. The molecule has 0 aliphatic carbocycles. The number of carbonyl (C=O) groups excluding carboxylic acids is 4. The zero-order valence-electron chi connectivity index (χ0n) is 36.6. The molecule has 5 heterocycles. The number of aryl methyl sites for hydroxylation is 1. The Kier molecular flexibility index (Phi) is 13.8. The summed E-state index contributed by atoms with van der Waals surface area (Å²) >= 11 is 0. The van der Waals surface area contributed by atoms with Crippen molar-refractivity contribution < 1.29 is 47.6 Å². The summed E-state index contributed by atoms with van der Waals surface area (Å²) in [5.41, 5.74) is 2.66. The zero-order valence-corrected chi connectivity index (χ0v) is 38.3. The molecule has 0 spiro atoms. The minimum Gasteiger partial charge on any atom is -0.457 e. The van der Waals surface area contributed by atoms with Gasteiger partial charge in [-0.2, -0.15) is 0 Å². The average molecular weight is 904 g/mol. The normalized spacial score (nSPS) is 17.0. The Morgan fingerprint density at radius 1 is 0.905 bits per heavy atom. The van der Waals surface area contributed by atoms with Gasteiger partial charge < -0.3 is 42.8 Å². The van der Waals surface area contributed by atoms with E-state index in [9.17, 15) is 24.0 Å². The summed E-state index contributed by atoms with van der Waals surface area (Å²) in [4.78, 5) is 77.0. The highest BCUT2D eigenvalue weighted by atomic mass is 33.1. The third-order valence-electron chi connectivity index (χ3n) is 11.2. The number of ether oxygens (including phenoxy) is 6. The fraction of sp³-hybridized carbons (Fsp3) is 0.467. The van der Waals surface area contributed by atoms with Crippen molar-refractivity contribution in [2.24, 2.45) is 0 Å². The molecular weight excluding hydrogens is 851 g/mol. The van der Waals surface area contributed by atoms with E-state index in [2.05, 4.69) is 16.8 Å². The first-order chi connectivity index (χ1) is 30.1. The Balaban J connectivity index is 0.938. The number of aromatic nitrogens is 2. The number of nitrogens with zero attached hydrogens (tertiary/aromatic N) is 5. The van der Waals surface area contributed by atoms with E-state index in [0.29, 0.717) is 40.6 Å². The van der Waals surface area contributed by atoms with E-state index in [1.807, 2.05) is 31.2 Å². The van der Waals surface area contributed by atoms with Gasteiger partial charge in [-0.25, -0.2) is 24.2 Å². The first-order valence-corrected chi connectivity index (χ1v) is 23.5. The number of amides is 1. The number of likely N-dealkylation sites (N-methyl/N-ethyl adjacent to an activating group) is 1. The van der Waals surface area contributed by atoms with Crippen LogP contribution in [-0.4, -0.2) is 109 Å². The van der Waals surface area contributed by atoms with Crippen molar-refractivity contribution in [3.05, 3.63) is 81.1 Å². The van der Waals surface area contributed by atoms with Gasteiger partial charge in [0.25, 0.3) is 5.56 Å². The number of rotatable bonds is 13. The van der Waals surface area contributed by atoms with Crippen molar-refractivity contribution in [1.29, 1.82) is 0 Å². The predicted molar refractivity (Wildman–Crippen MR) is 242 cm³/mol. The molecule has 0 saturated carbocycles. The van der Waals surface area contributed by atoms with Crippen molar-refractivity contribution in [2.45, 2.75) is 71.8 Å². The van der Waals surface area contributed by atoms with Crippen molar-refractivity contribution in [3.63, 3.8) is 0 Å². The van der Waals surface area contributed by atoms with E-state index in [1.165, 1.54) is 26.5 Å². The summed E-state index contributed by atoms with van der Waals surface area (Å²) in [5, 5.41) is 0.761. The Hall–Kier alpha value is -5.46. The smallest absolute Gasteiger partial charge is 0.457 e. The molecule has 7 rings (SSSR count). The summed E-state index contributed by atoms with van der Waals surface area (Å²) in [6.07, 6.45) is -1.79. The predicted octanol–water partition coefficient (Wildman–Crippen LogP) is 7.52. The third kappa shape index (κ3) is 9.87. The molecule has 63 heavy (non-hydrogen) atoms. The molecule has 3 aliphatic rings. The number of benzene rings is 2. The van der Waals surface area contributed by atoms with Gasteiger partial charge in [-0.1, -0.05) is 35.4 Å². The van der Waals surface area contributed by atoms with Crippen LogP contribution < -0.4 is 20.1 Å². The van der Waals surface area contributed by atoms with Crippen LogP contribution in [0.25, 0.3) is 22.3 Å². The number of hydrogen-bond acceptors (Lipinski definition) is 16. The second kappa shape index (κ2) is 19.1. The maximum Gasteiger partial charge on any atom is 0.514 e. The standard InChI is InChI=1S/C45H53N5O11S2/c1-8-31-32-24-30(59-43(55)60-44(3,4)5)14-15-36(32)46-38-33(31)26-50-37(38)25-35-34(39(50)51)27-58-40(52)45(35,9-2)61-42(54)57-21-23-63-62-22-20-56-41(53)48(7)28-10-12-29(13-11-28)49-18-16-47(6)17-19-49/h10-15,24-25H,8-9,16-23,26-27H2,1-7H3/t45-/m0/s1. The summed E-state index contributed by atoms with van der Waals surface area (Å²) < 4.78 is 34.5. The van der Waals surface area contributed by atoms with E-state index in [1.54, 1.807) is 63.6 Å². The van der Waals surface area contributed by atoms with Crippen LogP contribution in [-0.2, 0) is 53.7 Å². The van der Waals surface area contributed by atoms with Crippen LogP contribution >= 0.6 is 21.6 Å². The summed E-state index contributed by atoms with van der Waals surface area (Å²) in [6, 6.07) is 14.7. The molecule has 1 fully saturated rings. The molecule has 4 aromatic rings. The monoisotopic (exact) mass is 903 g/mol. The number of anilines is 2. The van der Waals surface area contributed by atoms with Crippen LogP contribution in [0.2, 0.25) is 0 Å². The highest BCUT2D eigenvalue weighted by molar-refractivity contribution is 8.76. The van der Waals surface area contributed by atoms with Gasteiger partial charge in [-0.15, -0.1) is 0 Å². The molecule has 1 saturated heterocycles. The number of pyridine rings is 2. The van der Waals surface area contributed by atoms with Crippen molar-refractivity contribution in [2.75, 3.05) is 74.8 Å². The molecule has 336 valence electrons. The lowest BCUT2D eigenvalue weighted by atomic mass is 9.85. The Labute approximate surface area is 373 Å². The first kappa shape index (κ1) is 45.6. The van der Waals surface area contributed by atoms with Crippen molar-refractivity contribution in [1.82, 2.24) is 14.5 Å². The molecule has 2 aromatic heterocycles. The lowest BCUT2D eigenvalue weighted by Gasteiger charge is -2.35. The quantitative estimate of drug-likeness (QED) is 0.0374. The summed E-state index contributed by atoms with van der Waals surface area (Å²) in [5.74, 6) is 0.396.